The number of nitrogens with zero attached hydrogens (tertiary/aromatic N) is 3. The minimum atomic E-state index is -0.309. The van der Waals surface area contributed by atoms with Crippen LogP contribution in [0.25, 0.3) is 10.2 Å². The van der Waals surface area contributed by atoms with Crippen LogP contribution < -0.4 is 5.32 Å². The molecule has 0 fully saturated rings. The predicted molar refractivity (Wildman–Crippen MR) is 103 cm³/mol. The Balaban J connectivity index is 1.99. The van der Waals surface area contributed by atoms with Gasteiger partial charge in [0.25, 0.3) is 0 Å². The zero-order valence-electron chi connectivity index (χ0n) is 15.5. The minimum absolute atomic E-state index is 0.0481. The number of likely N-dealkylation sites (N-methyl/N-ethyl adjacent to an activating group) is 1. The Morgan fingerprint density at radius 2 is 1.96 bits per heavy atom. The van der Waals surface area contributed by atoms with Gasteiger partial charge in [-0.3, -0.25) is 9.59 Å². The molecule has 0 aliphatic heterocycles. The second-order valence-electron chi connectivity index (χ2n) is 6.98. The van der Waals surface area contributed by atoms with Crippen LogP contribution in [-0.2, 0) is 9.59 Å². The molecule has 0 saturated heterocycles. The fourth-order valence-corrected chi connectivity index (χ4v) is 4.32. The zero-order chi connectivity index (χ0) is 18.8. The molecule has 0 saturated carbocycles. The lowest BCUT2D eigenvalue weighted by atomic mass is 10.1. The van der Waals surface area contributed by atoms with Crippen LogP contribution >= 0.6 is 23.1 Å². The summed E-state index contributed by atoms with van der Waals surface area (Å²) in [6, 6.07) is 0. The molecule has 0 unspecified atom stereocenters. The number of carbonyl (C=O) groups is 2. The van der Waals surface area contributed by atoms with E-state index >= 15 is 0 Å². The van der Waals surface area contributed by atoms with Gasteiger partial charge < -0.3 is 10.2 Å². The van der Waals surface area contributed by atoms with Gasteiger partial charge in [-0.1, -0.05) is 11.8 Å². The van der Waals surface area contributed by atoms with Gasteiger partial charge >= 0.3 is 0 Å². The highest BCUT2D eigenvalue weighted by Crippen LogP contribution is 2.34. The predicted octanol–water partition coefficient (Wildman–Crippen LogP) is 2.77. The number of aromatic nitrogens is 2. The summed E-state index contributed by atoms with van der Waals surface area (Å²) in [7, 11) is 1.64. The van der Waals surface area contributed by atoms with Crippen LogP contribution in [0.4, 0.5) is 0 Å². The van der Waals surface area contributed by atoms with Crippen molar-refractivity contribution in [2.24, 2.45) is 0 Å². The van der Waals surface area contributed by atoms with Crippen LogP contribution in [0.3, 0.4) is 0 Å². The van der Waals surface area contributed by atoms with Gasteiger partial charge in [0.2, 0.25) is 11.8 Å². The molecule has 2 heterocycles. The summed E-state index contributed by atoms with van der Waals surface area (Å²) in [5.74, 6) is -0.0350. The van der Waals surface area contributed by atoms with Gasteiger partial charge in [0.1, 0.15) is 16.2 Å². The highest BCUT2D eigenvalue weighted by atomic mass is 32.2. The number of thioether (sulfide) groups is 1. The molecule has 2 aromatic rings. The highest BCUT2D eigenvalue weighted by Gasteiger charge is 2.19. The van der Waals surface area contributed by atoms with Crippen LogP contribution in [-0.4, -0.2) is 51.6 Å². The molecule has 2 aromatic heterocycles. The molecule has 0 spiro atoms. The molecule has 0 atom stereocenters. The smallest absolute Gasteiger partial charge is 0.240 e. The van der Waals surface area contributed by atoms with Crippen molar-refractivity contribution in [3.63, 3.8) is 0 Å². The molecule has 8 heteroatoms. The Morgan fingerprint density at radius 3 is 2.60 bits per heavy atom. The number of hydrogen-bond donors (Lipinski definition) is 1. The van der Waals surface area contributed by atoms with E-state index in [1.807, 2.05) is 27.7 Å². The Labute approximate surface area is 156 Å². The number of fused-ring (bicyclic) bond motifs is 1. The van der Waals surface area contributed by atoms with E-state index in [1.165, 1.54) is 27.9 Å². The van der Waals surface area contributed by atoms with Crippen LogP contribution in [0, 0.1) is 13.8 Å². The number of aryl methyl sites for hydroxylation is 2. The summed E-state index contributed by atoms with van der Waals surface area (Å²) in [5, 5.41) is 4.69. The van der Waals surface area contributed by atoms with Crippen molar-refractivity contribution in [3.05, 3.63) is 16.8 Å². The first-order chi connectivity index (χ1) is 11.6. The maximum atomic E-state index is 12.3. The van der Waals surface area contributed by atoms with E-state index in [1.54, 1.807) is 18.4 Å². The Hall–Kier alpha value is -1.67. The lowest BCUT2D eigenvalue weighted by molar-refractivity contribution is -0.133. The fourth-order valence-electron chi connectivity index (χ4n) is 2.26. The number of hydrogen-bond acceptors (Lipinski definition) is 6. The molecule has 0 aliphatic rings. The second-order valence-corrected chi connectivity index (χ2v) is 9.15. The van der Waals surface area contributed by atoms with Crippen LogP contribution in [0.5, 0.6) is 0 Å². The summed E-state index contributed by atoms with van der Waals surface area (Å²) >= 11 is 3.02. The highest BCUT2D eigenvalue weighted by molar-refractivity contribution is 8.00. The van der Waals surface area contributed by atoms with Gasteiger partial charge in [0.15, 0.2) is 0 Å². The molecule has 0 aromatic carbocycles. The molecule has 0 radical (unpaired) electrons. The SMILES string of the molecule is Cc1sc2ncnc(SCC(=O)N(C)CC(=O)NC(C)(C)C)c2c1C. The third-order valence-electron chi connectivity index (χ3n) is 3.58. The minimum Gasteiger partial charge on any atom is -0.350 e. The van der Waals surface area contributed by atoms with Crippen molar-refractivity contribution < 1.29 is 9.59 Å². The monoisotopic (exact) mass is 380 g/mol. The molecule has 1 N–H and O–H groups in total. The van der Waals surface area contributed by atoms with Gasteiger partial charge in [-0.15, -0.1) is 11.3 Å². The van der Waals surface area contributed by atoms with E-state index in [0.717, 1.165) is 20.8 Å². The van der Waals surface area contributed by atoms with Gasteiger partial charge in [-0.25, -0.2) is 9.97 Å². The lowest BCUT2D eigenvalue weighted by Crippen LogP contribution is -2.46. The Morgan fingerprint density at radius 1 is 1.28 bits per heavy atom. The number of rotatable bonds is 5. The maximum Gasteiger partial charge on any atom is 0.240 e. The summed E-state index contributed by atoms with van der Waals surface area (Å²) in [6.07, 6.45) is 1.53. The van der Waals surface area contributed by atoms with E-state index in [-0.39, 0.29) is 29.7 Å². The summed E-state index contributed by atoms with van der Waals surface area (Å²) in [5.41, 5.74) is 0.852. The van der Waals surface area contributed by atoms with Crippen molar-refractivity contribution in [2.45, 2.75) is 45.2 Å². The van der Waals surface area contributed by atoms with Crippen molar-refractivity contribution >= 4 is 45.1 Å². The van der Waals surface area contributed by atoms with Gasteiger partial charge in [0, 0.05) is 22.8 Å². The van der Waals surface area contributed by atoms with E-state index in [2.05, 4.69) is 22.2 Å². The molecule has 6 nitrogen and oxygen atoms in total. The molecule has 136 valence electrons. The van der Waals surface area contributed by atoms with Crippen LogP contribution in [0.1, 0.15) is 31.2 Å². The third kappa shape index (κ3) is 5.15. The summed E-state index contributed by atoms with van der Waals surface area (Å²) in [6.45, 7) is 9.89. The first-order valence-corrected chi connectivity index (χ1v) is 9.77. The second kappa shape index (κ2) is 7.70. The molecule has 2 amide bonds. The van der Waals surface area contributed by atoms with Crippen molar-refractivity contribution in [2.75, 3.05) is 19.3 Å². The molecule has 2 rings (SSSR count). The van der Waals surface area contributed by atoms with Crippen molar-refractivity contribution in [3.8, 4) is 0 Å². The average Bonchev–Trinajstić information content (AvgIpc) is 2.78. The third-order valence-corrected chi connectivity index (χ3v) is 5.67. The number of nitrogens with one attached hydrogen (secondary N) is 1. The Bertz CT molecular complexity index is 796. The standard InChI is InChI=1S/C17H24N4O2S2/c1-10-11(2)25-16-14(10)15(18-9-19-16)24-8-13(23)21(6)7-12(22)20-17(3,4)5/h9H,7-8H2,1-6H3,(H,20,22). The van der Waals surface area contributed by atoms with E-state index in [9.17, 15) is 9.59 Å². The average molecular weight is 381 g/mol. The first kappa shape index (κ1) is 19.7. The fraction of sp³-hybridized carbons (Fsp3) is 0.529. The molecule has 25 heavy (non-hydrogen) atoms. The largest absolute Gasteiger partial charge is 0.350 e. The van der Waals surface area contributed by atoms with Crippen LogP contribution in [0.2, 0.25) is 0 Å². The Kier molecular flexibility index (Phi) is 6.05. The topological polar surface area (TPSA) is 75.2 Å². The van der Waals surface area contributed by atoms with E-state index < -0.39 is 0 Å². The van der Waals surface area contributed by atoms with E-state index in [4.69, 9.17) is 0 Å². The number of carbonyl (C=O) groups excluding carboxylic acids is 2. The molecule has 0 bridgehead atoms. The van der Waals surface area contributed by atoms with E-state index in [0.29, 0.717) is 0 Å². The summed E-state index contributed by atoms with van der Waals surface area (Å²) < 4.78 is 0. The molecular weight excluding hydrogens is 356 g/mol. The maximum absolute atomic E-state index is 12.3. The first-order valence-electron chi connectivity index (χ1n) is 7.97. The van der Waals surface area contributed by atoms with Gasteiger partial charge in [0.05, 0.1) is 12.3 Å². The molecule has 0 aliphatic carbocycles. The number of thiophene rings is 1. The summed E-state index contributed by atoms with van der Waals surface area (Å²) in [4.78, 5) is 36.5. The normalized spacial score (nSPS) is 11.6. The van der Waals surface area contributed by atoms with Gasteiger partial charge in [-0.2, -0.15) is 0 Å². The lowest BCUT2D eigenvalue weighted by Gasteiger charge is -2.23. The van der Waals surface area contributed by atoms with Gasteiger partial charge in [-0.05, 0) is 40.2 Å². The quantitative estimate of drug-likeness (QED) is 0.638. The number of amides is 2. The van der Waals surface area contributed by atoms with Crippen LogP contribution in [0.15, 0.2) is 11.4 Å². The molecular formula is C17H24N4O2S2. The van der Waals surface area contributed by atoms with Crippen molar-refractivity contribution in [1.29, 1.82) is 0 Å². The zero-order valence-corrected chi connectivity index (χ0v) is 17.1. The van der Waals surface area contributed by atoms with Crippen molar-refractivity contribution in [1.82, 2.24) is 20.2 Å².